The summed E-state index contributed by atoms with van der Waals surface area (Å²) in [4.78, 5) is 27.8. The Bertz CT molecular complexity index is 2030. The lowest BCUT2D eigenvalue weighted by molar-refractivity contribution is 0.176. The lowest BCUT2D eigenvalue weighted by Gasteiger charge is -2.17. The van der Waals surface area contributed by atoms with E-state index in [-0.39, 0.29) is 11.6 Å². The molecule has 6 rings (SSSR count). The Morgan fingerprint density at radius 1 is 0.729 bits per heavy atom. The Kier molecular flexibility index (Phi) is 10.4. The zero-order valence-electron chi connectivity index (χ0n) is 26.2. The van der Waals surface area contributed by atoms with Crippen molar-refractivity contribution in [2.75, 3.05) is 23.7 Å². The van der Waals surface area contributed by atoms with E-state index in [0.29, 0.717) is 65.8 Å². The number of H-pyrrole nitrogens is 1. The summed E-state index contributed by atoms with van der Waals surface area (Å²) >= 11 is 0. The molecule has 5 N–H and O–H groups in total. The van der Waals surface area contributed by atoms with Crippen LogP contribution in [-0.2, 0) is 13.0 Å². The molecule has 6 aromatic rings. The van der Waals surface area contributed by atoms with Crippen molar-refractivity contribution in [2.24, 2.45) is 0 Å². The summed E-state index contributed by atoms with van der Waals surface area (Å²) in [6.07, 6.45) is -0.127. The lowest BCUT2D eigenvalue weighted by Crippen LogP contribution is -2.24. The second-order valence-electron chi connectivity index (χ2n) is 11.2. The molecule has 242 valence electrons. The van der Waals surface area contributed by atoms with E-state index >= 15 is 0 Å². The number of benzene rings is 5. The van der Waals surface area contributed by atoms with Gasteiger partial charge in [-0.15, -0.1) is 0 Å². The van der Waals surface area contributed by atoms with Crippen LogP contribution in [0.4, 0.5) is 16.2 Å². The topological polar surface area (TPSA) is 125 Å². The van der Waals surface area contributed by atoms with Crippen molar-refractivity contribution in [3.63, 3.8) is 0 Å². The quantitative estimate of drug-likeness (QED) is 0.0838. The van der Waals surface area contributed by atoms with Gasteiger partial charge in [-0.25, -0.2) is 4.79 Å². The molecule has 0 spiro atoms. The van der Waals surface area contributed by atoms with Crippen molar-refractivity contribution >= 4 is 28.3 Å². The van der Waals surface area contributed by atoms with Crippen molar-refractivity contribution in [2.45, 2.75) is 19.1 Å². The predicted molar refractivity (Wildman–Crippen MR) is 189 cm³/mol. The third kappa shape index (κ3) is 8.67. The minimum absolute atomic E-state index is 0.242. The standard InChI is InChI=1S/C39H36N4O5/c44-35(33-17-19-36(38-34(33)18-20-37(45)43-38)47-26-28-9-3-1-4-10-28)25-40-22-21-27-11-7-12-29(23-27)41-39(46)42-30-13-8-16-32(24-30)48-31-14-5-2-6-15-31/h1-20,23-24,35,40,44H,21-22,25-26H2,(H,43,45)(H2,41,42,46)/t35-/m1/s1. The van der Waals surface area contributed by atoms with Gasteiger partial charge in [-0.1, -0.05) is 72.8 Å². The van der Waals surface area contributed by atoms with Gasteiger partial charge in [0, 0.05) is 35.4 Å². The minimum atomic E-state index is -0.810. The van der Waals surface area contributed by atoms with Crippen LogP contribution >= 0.6 is 0 Å². The number of aliphatic hydroxyl groups excluding tert-OH is 1. The summed E-state index contributed by atoms with van der Waals surface area (Å²) in [7, 11) is 0. The summed E-state index contributed by atoms with van der Waals surface area (Å²) in [6, 6.07) is 40.5. The Labute approximate surface area is 278 Å². The highest BCUT2D eigenvalue weighted by Gasteiger charge is 2.15. The summed E-state index contributed by atoms with van der Waals surface area (Å²) < 4.78 is 11.9. The molecule has 1 atom stereocenters. The summed E-state index contributed by atoms with van der Waals surface area (Å²) in [5.74, 6) is 1.87. The van der Waals surface area contributed by atoms with Gasteiger partial charge in [0.2, 0.25) is 5.56 Å². The maximum Gasteiger partial charge on any atom is 0.323 e. The number of pyridine rings is 1. The largest absolute Gasteiger partial charge is 0.487 e. The number of aliphatic hydroxyl groups is 1. The monoisotopic (exact) mass is 640 g/mol. The third-order valence-corrected chi connectivity index (χ3v) is 7.67. The molecule has 0 bridgehead atoms. The summed E-state index contributed by atoms with van der Waals surface area (Å²) in [6.45, 7) is 1.27. The van der Waals surface area contributed by atoms with Gasteiger partial charge in [0.1, 0.15) is 23.9 Å². The van der Waals surface area contributed by atoms with Gasteiger partial charge >= 0.3 is 6.03 Å². The highest BCUT2D eigenvalue weighted by molar-refractivity contribution is 5.99. The molecule has 0 aliphatic carbocycles. The number of urea groups is 1. The first-order valence-electron chi connectivity index (χ1n) is 15.7. The van der Waals surface area contributed by atoms with E-state index in [1.165, 1.54) is 6.07 Å². The Morgan fingerprint density at radius 3 is 2.21 bits per heavy atom. The highest BCUT2D eigenvalue weighted by Crippen LogP contribution is 2.30. The maximum absolute atomic E-state index is 12.7. The molecule has 9 nitrogen and oxygen atoms in total. The molecule has 48 heavy (non-hydrogen) atoms. The first-order chi connectivity index (χ1) is 23.5. The number of nitrogens with one attached hydrogen (secondary N) is 4. The van der Waals surface area contributed by atoms with Gasteiger partial charge < -0.3 is 35.5 Å². The number of rotatable bonds is 13. The van der Waals surface area contributed by atoms with E-state index in [2.05, 4.69) is 20.9 Å². The number of carbonyl (C=O) groups excluding carboxylic acids is 1. The second-order valence-corrected chi connectivity index (χ2v) is 11.2. The Morgan fingerprint density at radius 2 is 1.42 bits per heavy atom. The Hall–Kier alpha value is -5.90. The van der Waals surface area contributed by atoms with Gasteiger partial charge in [-0.2, -0.15) is 0 Å². The lowest BCUT2D eigenvalue weighted by atomic mass is 10.0. The fraction of sp³-hybridized carbons (Fsp3) is 0.128. The summed E-state index contributed by atoms with van der Waals surface area (Å²) in [5, 5.41) is 20.9. The van der Waals surface area contributed by atoms with Crippen molar-refractivity contribution < 1.29 is 19.4 Å². The third-order valence-electron chi connectivity index (χ3n) is 7.67. The van der Waals surface area contributed by atoms with Crippen LogP contribution in [0.1, 0.15) is 22.8 Å². The number of aromatic nitrogens is 1. The first-order valence-corrected chi connectivity index (χ1v) is 15.7. The van der Waals surface area contributed by atoms with Crippen LogP contribution in [0.25, 0.3) is 10.9 Å². The Balaban J connectivity index is 1.00. The molecule has 0 unspecified atom stereocenters. The minimum Gasteiger partial charge on any atom is -0.487 e. The van der Waals surface area contributed by atoms with E-state index in [1.54, 1.807) is 24.3 Å². The fourth-order valence-corrected chi connectivity index (χ4v) is 5.34. The van der Waals surface area contributed by atoms with Gasteiger partial charge in [0.05, 0.1) is 11.6 Å². The molecule has 9 heteroatoms. The van der Waals surface area contributed by atoms with Gasteiger partial charge in [0.15, 0.2) is 0 Å². The number of fused-ring (bicyclic) bond motifs is 1. The van der Waals surface area contributed by atoms with Crippen LogP contribution in [0.2, 0.25) is 0 Å². The molecule has 0 saturated carbocycles. The zero-order chi connectivity index (χ0) is 33.1. The molecule has 0 aliphatic rings. The zero-order valence-corrected chi connectivity index (χ0v) is 26.2. The molecule has 0 fully saturated rings. The van der Waals surface area contributed by atoms with Crippen LogP contribution in [0.15, 0.2) is 138 Å². The van der Waals surface area contributed by atoms with Crippen molar-refractivity contribution in [3.05, 3.63) is 161 Å². The van der Waals surface area contributed by atoms with Crippen LogP contribution in [0.5, 0.6) is 17.2 Å². The average Bonchev–Trinajstić information content (AvgIpc) is 3.10. The van der Waals surface area contributed by atoms with Crippen LogP contribution in [0.3, 0.4) is 0 Å². The molecular weight excluding hydrogens is 604 g/mol. The van der Waals surface area contributed by atoms with Crippen LogP contribution in [0, 0.1) is 0 Å². The van der Waals surface area contributed by atoms with Gasteiger partial charge in [0.25, 0.3) is 0 Å². The normalized spacial score (nSPS) is 11.5. The molecule has 2 amide bonds. The molecule has 5 aromatic carbocycles. The number of hydrogen-bond donors (Lipinski definition) is 5. The molecule has 0 aliphatic heterocycles. The number of amides is 2. The number of ether oxygens (including phenoxy) is 2. The second kappa shape index (κ2) is 15.6. The smallest absolute Gasteiger partial charge is 0.323 e. The van der Waals surface area contributed by atoms with E-state index < -0.39 is 6.10 Å². The highest BCUT2D eigenvalue weighted by atomic mass is 16.5. The van der Waals surface area contributed by atoms with Crippen molar-refractivity contribution in [3.8, 4) is 17.2 Å². The first kappa shape index (κ1) is 32.1. The number of para-hydroxylation sites is 1. The van der Waals surface area contributed by atoms with Gasteiger partial charge in [-0.05, 0) is 78.2 Å². The molecule has 0 radical (unpaired) electrons. The number of anilines is 2. The molecular formula is C39H36N4O5. The molecule has 1 heterocycles. The molecule has 0 saturated heterocycles. The predicted octanol–water partition coefficient (Wildman–Crippen LogP) is 7.41. The number of hydrogen-bond acceptors (Lipinski definition) is 6. The SMILES string of the molecule is O=C(Nc1cccc(CCNC[C@@H](O)c2ccc(OCc3ccccc3)c3[nH]c(=O)ccc23)c1)Nc1cccc(Oc2ccccc2)c1. The summed E-state index contributed by atoms with van der Waals surface area (Å²) in [5.41, 5.74) is 4.30. The van der Waals surface area contributed by atoms with Crippen molar-refractivity contribution in [1.82, 2.24) is 10.3 Å². The van der Waals surface area contributed by atoms with Crippen molar-refractivity contribution in [1.29, 1.82) is 0 Å². The number of aromatic amines is 1. The average molecular weight is 641 g/mol. The van der Waals surface area contributed by atoms with Crippen LogP contribution in [-0.4, -0.2) is 29.2 Å². The van der Waals surface area contributed by atoms with E-state index in [0.717, 1.165) is 16.5 Å². The van der Waals surface area contributed by atoms with E-state index in [9.17, 15) is 14.7 Å². The maximum atomic E-state index is 12.7. The number of carbonyl (C=O) groups is 1. The van der Waals surface area contributed by atoms with E-state index in [4.69, 9.17) is 9.47 Å². The van der Waals surface area contributed by atoms with Crippen LogP contribution < -0.4 is 31.0 Å². The van der Waals surface area contributed by atoms with Gasteiger partial charge in [-0.3, -0.25) is 4.79 Å². The van der Waals surface area contributed by atoms with E-state index in [1.807, 2.05) is 103 Å². The molecule has 1 aromatic heterocycles. The fourth-order valence-electron chi connectivity index (χ4n) is 5.34.